The Balaban J connectivity index is 2.01. The van der Waals surface area contributed by atoms with Crippen LogP contribution in [0.1, 0.15) is 5.56 Å². The Morgan fingerprint density at radius 2 is 1.95 bits per heavy atom. The minimum atomic E-state index is -0.137. The number of nitrogens with two attached hydrogens (primary N) is 1. The van der Waals surface area contributed by atoms with Gasteiger partial charge in [0.1, 0.15) is 5.75 Å². The second kappa shape index (κ2) is 6.30. The molecular weight excluding hydrogens is 276 g/mol. The average Bonchev–Trinajstić information content (AvgIpc) is 2.43. The third-order valence-corrected chi connectivity index (χ3v) is 3.10. The molecule has 0 saturated carbocycles. The molecule has 1 amide bonds. The van der Waals surface area contributed by atoms with Gasteiger partial charge in [0.25, 0.3) is 0 Å². The average molecular weight is 291 g/mol. The Morgan fingerprint density at radius 1 is 1.25 bits per heavy atom. The van der Waals surface area contributed by atoms with Crippen molar-refractivity contribution in [2.45, 2.75) is 6.42 Å². The van der Waals surface area contributed by atoms with E-state index in [1.807, 2.05) is 24.3 Å². The number of ether oxygens (including phenoxy) is 1. The first kappa shape index (κ1) is 14.2. The van der Waals surface area contributed by atoms with E-state index in [4.69, 9.17) is 22.1 Å². The molecule has 0 radical (unpaired) electrons. The van der Waals surface area contributed by atoms with Crippen LogP contribution in [0.3, 0.4) is 0 Å². The quantitative estimate of drug-likeness (QED) is 0.850. The van der Waals surface area contributed by atoms with Gasteiger partial charge < -0.3 is 15.8 Å². The lowest BCUT2D eigenvalue weighted by atomic mass is 10.1. The van der Waals surface area contributed by atoms with E-state index in [1.54, 1.807) is 25.3 Å². The van der Waals surface area contributed by atoms with E-state index in [2.05, 4.69) is 5.32 Å². The maximum absolute atomic E-state index is 11.9. The van der Waals surface area contributed by atoms with E-state index in [-0.39, 0.29) is 12.3 Å². The second-order valence-electron chi connectivity index (χ2n) is 4.31. The van der Waals surface area contributed by atoms with Crippen LogP contribution in [0.15, 0.2) is 42.5 Å². The molecule has 2 aromatic rings. The summed E-state index contributed by atoms with van der Waals surface area (Å²) in [5.74, 6) is 0.623. The summed E-state index contributed by atoms with van der Waals surface area (Å²) >= 11 is 6.00. The summed E-state index contributed by atoms with van der Waals surface area (Å²) in [7, 11) is 1.60. The third-order valence-electron chi connectivity index (χ3n) is 2.79. The highest BCUT2D eigenvalue weighted by atomic mass is 35.5. The summed E-state index contributed by atoms with van der Waals surface area (Å²) in [5, 5.41) is 3.18. The molecule has 0 fully saturated rings. The van der Waals surface area contributed by atoms with E-state index in [0.29, 0.717) is 16.4 Å². The van der Waals surface area contributed by atoms with Gasteiger partial charge in [0.05, 0.1) is 24.2 Å². The number of halogens is 1. The number of anilines is 2. The number of hydrogen-bond donors (Lipinski definition) is 2. The zero-order chi connectivity index (χ0) is 14.5. The Bertz CT molecular complexity index is 612. The summed E-state index contributed by atoms with van der Waals surface area (Å²) in [5.41, 5.74) is 7.61. The van der Waals surface area contributed by atoms with E-state index >= 15 is 0 Å². The van der Waals surface area contributed by atoms with Crippen molar-refractivity contribution in [3.05, 3.63) is 53.1 Å². The Kier molecular flexibility index (Phi) is 4.48. The van der Waals surface area contributed by atoms with Crippen molar-refractivity contribution < 1.29 is 9.53 Å². The van der Waals surface area contributed by atoms with Gasteiger partial charge in [-0.25, -0.2) is 0 Å². The van der Waals surface area contributed by atoms with Crippen molar-refractivity contribution in [3.8, 4) is 5.75 Å². The van der Waals surface area contributed by atoms with Gasteiger partial charge in [0.15, 0.2) is 0 Å². The van der Waals surface area contributed by atoms with Crippen molar-refractivity contribution in [1.82, 2.24) is 0 Å². The molecule has 3 N–H and O–H groups in total. The Hall–Kier alpha value is -2.20. The van der Waals surface area contributed by atoms with E-state index in [0.717, 1.165) is 11.3 Å². The molecule has 0 atom stereocenters. The van der Waals surface area contributed by atoms with Crippen LogP contribution in [0.4, 0.5) is 11.4 Å². The fourth-order valence-corrected chi connectivity index (χ4v) is 1.99. The lowest BCUT2D eigenvalue weighted by molar-refractivity contribution is -0.115. The number of carbonyl (C=O) groups is 1. The van der Waals surface area contributed by atoms with E-state index in [1.165, 1.54) is 0 Å². The lowest BCUT2D eigenvalue weighted by Gasteiger charge is -2.08. The van der Waals surface area contributed by atoms with E-state index in [9.17, 15) is 4.79 Å². The molecular formula is C15H15ClN2O2. The topological polar surface area (TPSA) is 64.3 Å². The molecule has 5 heteroatoms. The SMILES string of the molecule is COc1ccc(CC(=O)Nc2ccc(N)cc2Cl)cc1. The first-order chi connectivity index (χ1) is 9.58. The number of carbonyl (C=O) groups excluding carboxylic acids is 1. The monoisotopic (exact) mass is 290 g/mol. The van der Waals surface area contributed by atoms with Gasteiger partial charge in [-0.3, -0.25) is 4.79 Å². The minimum absolute atomic E-state index is 0.137. The standard InChI is InChI=1S/C15H15ClN2O2/c1-20-12-5-2-10(3-6-12)8-15(19)18-14-7-4-11(17)9-13(14)16/h2-7,9H,8,17H2,1H3,(H,18,19). The highest BCUT2D eigenvalue weighted by Gasteiger charge is 2.07. The summed E-state index contributed by atoms with van der Waals surface area (Å²) in [6.07, 6.45) is 0.269. The van der Waals surface area contributed by atoms with Crippen LogP contribution in [-0.2, 0) is 11.2 Å². The molecule has 0 unspecified atom stereocenters. The molecule has 0 saturated heterocycles. The number of rotatable bonds is 4. The second-order valence-corrected chi connectivity index (χ2v) is 4.72. The highest BCUT2D eigenvalue weighted by Crippen LogP contribution is 2.24. The van der Waals surface area contributed by atoms with Gasteiger partial charge in [-0.1, -0.05) is 23.7 Å². The predicted molar refractivity (Wildman–Crippen MR) is 81.2 cm³/mol. The van der Waals surface area contributed by atoms with Gasteiger partial charge in [0.2, 0.25) is 5.91 Å². The zero-order valence-electron chi connectivity index (χ0n) is 11.0. The number of hydrogen-bond acceptors (Lipinski definition) is 3. The van der Waals surface area contributed by atoms with Crippen molar-refractivity contribution >= 4 is 28.9 Å². The zero-order valence-corrected chi connectivity index (χ0v) is 11.8. The molecule has 2 aromatic carbocycles. The fourth-order valence-electron chi connectivity index (χ4n) is 1.76. The van der Waals surface area contributed by atoms with Gasteiger partial charge in [-0.15, -0.1) is 0 Å². The first-order valence-electron chi connectivity index (χ1n) is 6.06. The largest absolute Gasteiger partial charge is 0.497 e. The Morgan fingerprint density at radius 3 is 2.55 bits per heavy atom. The molecule has 0 bridgehead atoms. The van der Waals surface area contributed by atoms with Crippen molar-refractivity contribution in [2.75, 3.05) is 18.2 Å². The van der Waals surface area contributed by atoms with Gasteiger partial charge in [0, 0.05) is 5.69 Å². The maximum atomic E-state index is 11.9. The van der Waals surface area contributed by atoms with Crippen LogP contribution in [0.25, 0.3) is 0 Å². The minimum Gasteiger partial charge on any atom is -0.497 e. The lowest BCUT2D eigenvalue weighted by Crippen LogP contribution is -2.14. The molecule has 104 valence electrons. The Labute approximate surface area is 122 Å². The molecule has 0 aliphatic rings. The molecule has 0 aliphatic carbocycles. The highest BCUT2D eigenvalue weighted by molar-refractivity contribution is 6.34. The summed E-state index contributed by atoms with van der Waals surface area (Å²) < 4.78 is 5.07. The molecule has 20 heavy (non-hydrogen) atoms. The fraction of sp³-hybridized carbons (Fsp3) is 0.133. The van der Waals surface area contributed by atoms with Crippen LogP contribution in [0, 0.1) is 0 Å². The molecule has 0 aliphatic heterocycles. The summed E-state index contributed by atoms with van der Waals surface area (Å²) in [4.78, 5) is 11.9. The molecule has 0 spiro atoms. The van der Waals surface area contributed by atoms with Gasteiger partial charge >= 0.3 is 0 Å². The molecule has 4 nitrogen and oxygen atoms in total. The molecule has 0 aromatic heterocycles. The normalized spacial score (nSPS) is 10.1. The van der Waals surface area contributed by atoms with Crippen LogP contribution in [0.5, 0.6) is 5.75 Å². The van der Waals surface area contributed by atoms with Crippen molar-refractivity contribution in [3.63, 3.8) is 0 Å². The van der Waals surface area contributed by atoms with Crippen LogP contribution in [-0.4, -0.2) is 13.0 Å². The van der Waals surface area contributed by atoms with E-state index < -0.39 is 0 Å². The van der Waals surface area contributed by atoms with Crippen molar-refractivity contribution in [2.24, 2.45) is 0 Å². The van der Waals surface area contributed by atoms with Gasteiger partial charge in [-0.2, -0.15) is 0 Å². The van der Waals surface area contributed by atoms with Crippen LogP contribution >= 0.6 is 11.6 Å². The van der Waals surface area contributed by atoms with Crippen LogP contribution in [0.2, 0.25) is 5.02 Å². The number of amides is 1. The van der Waals surface area contributed by atoms with Crippen LogP contribution < -0.4 is 15.8 Å². The maximum Gasteiger partial charge on any atom is 0.228 e. The molecule has 0 heterocycles. The smallest absolute Gasteiger partial charge is 0.228 e. The number of nitrogen functional groups attached to an aromatic ring is 1. The summed E-state index contributed by atoms with van der Waals surface area (Å²) in [6, 6.07) is 12.3. The number of benzene rings is 2. The van der Waals surface area contributed by atoms with Crippen molar-refractivity contribution in [1.29, 1.82) is 0 Å². The third kappa shape index (κ3) is 3.65. The molecule has 2 rings (SSSR count). The summed E-state index contributed by atoms with van der Waals surface area (Å²) in [6.45, 7) is 0. The van der Waals surface area contributed by atoms with Gasteiger partial charge in [-0.05, 0) is 35.9 Å². The first-order valence-corrected chi connectivity index (χ1v) is 6.44. The number of methoxy groups -OCH3 is 1. The predicted octanol–water partition coefficient (Wildman–Crippen LogP) is 3.11. The number of nitrogens with one attached hydrogen (secondary N) is 1.